The lowest BCUT2D eigenvalue weighted by Crippen LogP contribution is -2.50. The van der Waals surface area contributed by atoms with Gasteiger partial charge in [0.05, 0.1) is 5.75 Å². The molecule has 1 saturated heterocycles. The van der Waals surface area contributed by atoms with Gasteiger partial charge in [0.25, 0.3) is 0 Å². The minimum Gasteiger partial charge on any atom is -0.368 e. The average Bonchev–Trinajstić information content (AvgIpc) is 2.70. The van der Waals surface area contributed by atoms with Crippen LogP contribution in [-0.2, 0) is 4.79 Å². The monoisotopic (exact) mass is 384 g/mol. The van der Waals surface area contributed by atoms with Crippen molar-refractivity contribution in [3.63, 3.8) is 0 Å². The molecule has 1 aliphatic rings. The molecule has 0 aliphatic carbocycles. The number of anilines is 3. The van der Waals surface area contributed by atoms with Crippen LogP contribution in [0.5, 0.6) is 0 Å². The molecule has 3 rings (SSSR count). The quantitative estimate of drug-likeness (QED) is 0.709. The van der Waals surface area contributed by atoms with E-state index in [2.05, 4.69) is 28.2 Å². The molecule has 6 nitrogen and oxygen atoms in total. The van der Waals surface area contributed by atoms with Gasteiger partial charge in [-0.05, 0) is 43.3 Å². The number of benzene rings is 2. The Hall–Kier alpha value is -2.67. The fraction of sp³-hybridized carbons (Fsp3) is 0.300. The van der Waals surface area contributed by atoms with Gasteiger partial charge < -0.3 is 20.4 Å². The molecule has 0 unspecified atom stereocenters. The van der Waals surface area contributed by atoms with Crippen LogP contribution >= 0.6 is 12.6 Å². The number of piperazine rings is 1. The predicted octanol–water partition coefficient (Wildman–Crippen LogP) is 3.22. The molecule has 2 aromatic rings. The van der Waals surface area contributed by atoms with E-state index in [1.54, 1.807) is 0 Å². The van der Waals surface area contributed by atoms with E-state index in [0.29, 0.717) is 13.1 Å². The van der Waals surface area contributed by atoms with Crippen molar-refractivity contribution in [1.82, 2.24) is 4.90 Å². The number of hydrogen-bond acceptors (Lipinski definition) is 4. The Kier molecular flexibility index (Phi) is 6.24. The van der Waals surface area contributed by atoms with E-state index in [1.807, 2.05) is 60.4 Å². The number of rotatable bonds is 4. The molecular weight excluding hydrogens is 360 g/mol. The van der Waals surface area contributed by atoms with Crippen molar-refractivity contribution >= 4 is 41.6 Å². The van der Waals surface area contributed by atoms with E-state index in [9.17, 15) is 9.59 Å². The SMILES string of the molecule is Cc1ccc(NC(=O)N2CCN(c3ccc(NC(=O)CS)cc3)CC2)cc1. The molecule has 1 aliphatic heterocycles. The summed E-state index contributed by atoms with van der Waals surface area (Å²) in [5, 5.41) is 5.72. The average molecular weight is 385 g/mol. The number of urea groups is 1. The maximum atomic E-state index is 12.4. The maximum Gasteiger partial charge on any atom is 0.321 e. The van der Waals surface area contributed by atoms with Crippen molar-refractivity contribution < 1.29 is 9.59 Å². The van der Waals surface area contributed by atoms with Crippen molar-refractivity contribution in [3.8, 4) is 0 Å². The topological polar surface area (TPSA) is 64.7 Å². The van der Waals surface area contributed by atoms with E-state index < -0.39 is 0 Å². The van der Waals surface area contributed by atoms with Gasteiger partial charge in [-0.15, -0.1) is 0 Å². The van der Waals surface area contributed by atoms with E-state index in [1.165, 1.54) is 0 Å². The first-order chi connectivity index (χ1) is 13.0. The Balaban J connectivity index is 1.51. The first-order valence-corrected chi connectivity index (χ1v) is 9.57. The van der Waals surface area contributed by atoms with E-state index >= 15 is 0 Å². The van der Waals surface area contributed by atoms with Gasteiger partial charge in [0.1, 0.15) is 0 Å². The summed E-state index contributed by atoms with van der Waals surface area (Å²) in [5.74, 6) is 0.0354. The lowest BCUT2D eigenvalue weighted by atomic mass is 10.2. The van der Waals surface area contributed by atoms with Gasteiger partial charge in [-0.1, -0.05) is 17.7 Å². The number of aryl methyl sites for hydroxylation is 1. The molecule has 2 N–H and O–H groups in total. The van der Waals surface area contributed by atoms with Crippen molar-refractivity contribution in [2.45, 2.75) is 6.92 Å². The van der Waals surface area contributed by atoms with Gasteiger partial charge in [-0.2, -0.15) is 12.6 Å². The van der Waals surface area contributed by atoms with Crippen LogP contribution in [0.25, 0.3) is 0 Å². The first-order valence-electron chi connectivity index (χ1n) is 8.93. The molecule has 142 valence electrons. The zero-order valence-electron chi connectivity index (χ0n) is 15.3. The highest BCUT2D eigenvalue weighted by atomic mass is 32.1. The van der Waals surface area contributed by atoms with E-state index in [-0.39, 0.29) is 17.7 Å². The summed E-state index contributed by atoms with van der Waals surface area (Å²) in [5.41, 5.74) is 3.82. The summed E-state index contributed by atoms with van der Waals surface area (Å²) in [6.07, 6.45) is 0. The Bertz CT molecular complexity index is 785. The van der Waals surface area contributed by atoms with Crippen LogP contribution in [0.4, 0.5) is 21.9 Å². The molecule has 7 heteroatoms. The van der Waals surface area contributed by atoms with Crippen LogP contribution in [0.2, 0.25) is 0 Å². The van der Waals surface area contributed by atoms with Crippen LogP contribution in [0, 0.1) is 6.92 Å². The third kappa shape index (κ3) is 5.17. The minimum atomic E-state index is -0.126. The predicted molar refractivity (Wildman–Crippen MR) is 113 cm³/mol. The number of thiol groups is 1. The molecule has 0 saturated carbocycles. The highest BCUT2D eigenvalue weighted by Crippen LogP contribution is 2.20. The zero-order valence-corrected chi connectivity index (χ0v) is 16.2. The fourth-order valence-electron chi connectivity index (χ4n) is 2.96. The largest absolute Gasteiger partial charge is 0.368 e. The molecule has 0 atom stereocenters. The third-order valence-electron chi connectivity index (χ3n) is 4.53. The maximum absolute atomic E-state index is 12.4. The van der Waals surface area contributed by atoms with E-state index in [0.717, 1.165) is 35.7 Å². The lowest BCUT2D eigenvalue weighted by Gasteiger charge is -2.36. The second kappa shape index (κ2) is 8.81. The van der Waals surface area contributed by atoms with Gasteiger partial charge in [0.15, 0.2) is 0 Å². The van der Waals surface area contributed by atoms with Crippen LogP contribution in [0.1, 0.15) is 5.56 Å². The molecule has 1 fully saturated rings. The molecule has 3 amide bonds. The highest BCUT2D eigenvalue weighted by Gasteiger charge is 2.21. The summed E-state index contributed by atoms with van der Waals surface area (Å²) in [4.78, 5) is 27.9. The summed E-state index contributed by atoms with van der Waals surface area (Å²) >= 11 is 3.95. The van der Waals surface area contributed by atoms with Crippen molar-refractivity contribution in [3.05, 3.63) is 54.1 Å². The second-order valence-electron chi connectivity index (χ2n) is 6.52. The van der Waals surface area contributed by atoms with Crippen LogP contribution in [0.15, 0.2) is 48.5 Å². The number of hydrogen-bond donors (Lipinski definition) is 3. The van der Waals surface area contributed by atoms with Crippen LogP contribution in [-0.4, -0.2) is 48.8 Å². The Morgan fingerprint density at radius 1 is 0.889 bits per heavy atom. The standard InChI is InChI=1S/C20H24N4O2S/c1-15-2-4-17(5-3-15)22-20(26)24-12-10-23(11-13-24)18-8-6-16(7-9-18)21-19(25)14-27/h2-9,27H,10-14H2,1H3,(H,21,25)(H,22,26). The van der Waals surface area contributed by atoms with Gasteiger partial charge in [-0.3, -0.25) is 4.79 Å². The van der Waals surface area contributed by atoms with Gasteiger partial charge in [0.2, 0.25) is 5.91 Å². The van der Waals surface area contributed by atoms with Crippen molar-refractivity contribution in [2.75, 3.05) is 47.5 Å². The Labute approximate surface area is 164 Å². The van der Waals surface area contributed by atoms with Crippen LogP contribution < -0.4 is 15.5 Å². The third-order valence-corrected chi connectivity index (χ3v) is 4.82. The first kappa shape index (κ1) is 19.1. The van der Waals surface area contributed by atoms with Gasteiger partial charge in [0, 0.05) is 43.2 Å². The van der Waals surface area contributed by atoms with Crippen molar-refractivity contribution in [2.24, 2.45) is 0 Å². The molecule has 2 aromatic carbocycles. The second-order valence-corrected chi connectivity index (χ2v) is 6.84. The molecular formula is C20H24N4O2S. The summed E-state index contributed by atoms with van der Waals surface area (Å²) < 4.78 is 0. The molecule has 27 heavy (non-hydrogen) atoms. The van der Waals surface area contributed by atoms with Gasteiger partial charge in [-0.25, -0.2) is 4.79 Å². The van der Waals surface area contributed by atoms with Crippen molar-refractivity contribution in [1.29, 1.82) is 0 Å². The summed E-state index contributed by atoms with van der Waals surface area (Å²) in [6.45, 7) is 4.88. The van der Waals surface area contributed by atoms with Crippen LogP contribution in [0.3, 0.4) is 0 Å². The molecule has 0 bridgehead atoms. The lowest BCUT2D eigenvalue weighted by molar-refractivity contribution is -0.113. The number of nitrogens with zero attached hydrogens (tertiary/aromatic N) is 2. The van der Waals surface area contributed by atoms with E-state index in [4.69, 9.17) is 0 Å². The zero-order chi connectivity index (χ0) is 19.2. The number of carbonyl (C=O) groups excluding carboxylic acids is 2. The normalized spacial score (nSPS) is 14.0. The molecule has 0 spiro atoms. The Morgan fingerprint density at radius 2 is 1.44 bits per heavy atom. The number of nitrogens with one attached hydrogen (secondary N) is 2. The molecule has 0 aromatic heterocycles. The Morgan fingerprint density at radius 3 is 2.04 bits per heavy atom. The number of carbonyl (C=O) groups is 2. The highest BCUT2D eigenvalue weighted by molar-refractivity contribution is 7.81. The summed E-state index contributed by atoms with van der Waals surface area (Å²) in [7, 11) is 0. The smallest absolute Gasteiger partial charge is 0.321 e. The molecule has 0 radical (unpaired) electrons. The van der Waals surface area contributed by atoms with Gasteiger partial charge >= 0.3 is 6.03 Å². The molecule has 1 heterocycles. The fourth-order valence-corrected chi connectivity index (χ4v) is 3.04. The number of amides is 3. The minimum absolute atomic E-state index is 0.0664. The summed E-state index contributed by atoms with van der Waals surface area (Å²) in [6, 6.07) is 15.5.